The van der Waals surface area contributed by atoms with Crippen LogP contribution in [0.25, 0.3) is 0 Å². The maximum absolute atomic E-state index is 12.1. The molecule has 0 unspecified atom stereocenters. The Hall–Kier alpha value is -1.16. The van der Waals surface area contributed by atoms with Gasteiger partial charge >= 0.3 is 0 Å². The van der Waals surface area contributed by atoms with Crippen molar-refractivity contribution in [3.05, 3.63) is 12.0 Å². The van der Waals surface area contributed by atoms with E-state index in [-0.39, 0.29) is 36.3 Å². The highest BCUT2D eigenvalue weighted by Crippen LogP contribution is 2.16. The molecule has 1 fully saturated rings. The van der Waals surface area contributed by atoms with Crippen molar-refractivity contribution in [1.29, 1.82) is 0 Å². The van der Waals surface area contributed by atoms with Gasteiger partial charge in [0.05, 0.1) is 0 Å². The Morgan fingerprint density at radius 2 is 1.85 bits per heavy atom. The number of amides is 1. The maximum Gasteiger partial charge on any atom is 0.259 e. The molecular formula is C17H32ClN5O3S. The summed E-state index contributed by atoms with van der Waals surface area (Å²) >= 11 is 0. The first-order valence-corrected chi connectivity index (χ1v) is 10.9. The molecule has 1 aromatic heterocycles. The minimum atomic E-state index is -3.68. The molecule has 27 heavy (non-hydrogen) atoms. The molecule has 1 amide bonds. The van der Waals surface area contributed by atoms with Gasteiger partial charge in [-0.1, -0.05) is 25.7 Å². The SMILES string of the molecule is Cc1nc(S(=O)(=O)NCCC(=O)NCCNC2CCCCCC2)cn1C.Cl. The molecule has 156 valence electrons. The van der Waals surface area contributed by atoms with Crippen LogP contribution in [-0.4, -0.2) is 49.6 Å². The van der Waals surface area contributed by atoms with E-state index in [0.717, 1.165) is 6.54 Å². The largest absolute Gasteiger partial charge is 0.355 e. The molecule has 1 saturated carbocycles. The van der Waals surface area contributed by atoms with Gasteiger partial charge in [0.1, 0.15) is 5.82 Å². The third-order valence-corrected chi connectivity index (χ3v) is 6.07. The number of aromatic nitrogens is 2. The monoisotopic (exact) mass is 421 g/mol. The van der Waals surface area contributed by atoms with Gasteiger partial charge in [-0.05, 0) is 19.8 Å². The van der Waals surface area contributed by atoms with Gasteiger partial charge < -0.3 is 15.2 Å². The number of hydrogen-bond donors (Lipinski definition) is 3. The maximum atomic E-state index is 12.1. The molecule has 1 aliphatic carbocycles. The minimum absolute atomic E-state index is 0. The summed E-state index contributed by atoms with van der Waals surface area (Å²) in [5.74, 6) is 0.455. The third kappa shape index (κ3) is 8.16. The molecule has 0 bridgehead atoms. The predicted molar refractivity (Wildman–Crippen MR) is 108 cm³/mol. The van der Waals surface area contributed by atoms with Crippen molar-refractivity contribution in [2.24, 2.45) is 7.05 Å². The van der Waals surface area contributed by atoms with Crippen LogP contribution in [0.5, 0.6) is 0 Å². The molecular weight excluding hydrogens is 390 g/mol. The summed E-state index contributed by atoms with van der Waals surface area (Å²) in [7, 11) is -1.94. The van der Waals surface area contributed by atoms with Crippen molar-refractivity contribution in [2.45, 2.75) is 62.9 Å². The van der Waals surface area contributed by atoms with E-state index in [0.29, 0.717) is 18.4 Å². The summed E-state index contributed by atoms with van der Waals surface area (Å²) in [6.45, 7) is 3.09. The highest BCUT2D eigenvalue weighted by Gasteiger charge is 2.18. The number of imidazole rings is 1. The third-order valence-electron chi connectivity index (χ3n) is 4.74. The number of hydrogen-bond acceptors (Lipinski definition) is 5. The van der Waals surface area contributed by atoms with Gasteiger partial charge in [0.2, 0.25) is 5.91 Å². The van der Waals surface area contributed by atoms with Crippen molar-refractivity contribution in [3.8, 4) is 0 Å². The first kappa shape index (κ1) is 23.9. The number of halogens is 1. The van der Waals surface area contributed by atoms with Gasteiger partial charge in [-0.3, -0.25) is 4.79 Å². The Morgan fingerprint density at radius 3 is 2.44 bits per heavy atom. The van der Waals surface area contributed by atoms with Crippen LogP contribution in [0.3, 0.4) is 0 Å². The van der Waals surface area contributed by atoms with Gasteiger partial charge in [-0.2, -0.15) is 0 Å². The van der Waals surface area contributed by atoms with Crippen LogP contribution in [0.4, 0.5) is 0 Å². The van der Waals surface area contributed by atoms with Crippen molar-refractivity contribution in [1.82, 2.24) is 24.9 Å². The topological polar surface area (TPSA) is 105 Å². The van der Waals surface area contributed by atoms with Crippen molar-refractivity contribution in [3.63, 3.8) is 0 Å². The molecule has 1 heterocycles. The second-order valence-corrected chi connectivity index (χ2v) is 8.59. The van der Waals surface area contributed by atoms with Gasteiger partial charge in [0.15, 0.2) is 5.03 Å². The van der Waals surface area contributed by atoms with E-state index in [4.69, 9.17) is 0 Å². The lowest BCUT2D eigenvalue weighted by Gasteiger charge is -2.16. The van der Waals surface area contributed by atoms with E-state index in [9.17, 15) is 13.2 Å². The fourth-order valence-corrected chi connectivity index (χ4v) is 4.15. The molecule has 3 N–H and O–H groups in total. The summed E-state index contributed by atoms with van der Waals surface area (Å²) < 4.78 is 28.3. The Bertz CT molecular complexity index is 665. The molecule has 1 aromatic rings. The standard InChI is InChI=1S/C17H31N5O3S.ClH/c1-14-21-17(13-22(14)2)26(24,25)20-10-9-16(23)19-12-11-18-15-7-5-3-4-6-8-15;/h13,15,18,20H,3-12H2,1-2H3,(H,19,23);1H. The molecule has 0 saturated heterocycles. The van der Waals surface area contributed by atoms with Crippen LogP contribution in [-0.2, 0) is 21.9 Å². The quantitative estimate of drug-likeness (QED) is 0.411. The van der Waals surface area contributed by atoms with Crippen LogP contribution in [0.1, 0.15) is 50.8 Å². The van der Waals surface area contributed by atoms with Crippen molar-refractivity contribution < 1.29 is 13.2 Å². The van der Waals surface area contributed by atoms with Crippen LogP contribution >= 0.6 is 12.4 Å². The average Bonchev–Trinajstić information content (AvgIpc) is 2.79. The Morgan fingerprint density at radius 1 is 1.19 bits per heavy atom. The summed E-state index contributed by atoms with van der Waals surface area (Å²) in [4.78, 5) is 15.8. The summed E-state index contributed by atoms with van der Waals surface area (Å²) in [5, 5.41) is 6.29. The Labute approximate surface area is 168 Å². The van der Waals surface area contributed by atoms with E-state index in [1.165, 1.54) is 44.7 Å². The van der Waals surface area contributed by atoms with Gasteiger partial charge in [-0.25, -0.2) is 18.1 Å². The molecule has 0 atom stereocenters. The lowest BCUT2D eigenvalue weighted by atomic mass is 10.1. The van der Waals surface area contributed by atoms with E-state index in [1.807, 2.05) is 0 Å². The fraction of sp³-hybridized carbons (Fsp3) is 0.765. The summed E-state index contributed by atoms with van der Waals surface area (Å²) in [6.07, 6.45) is 9.18. The summed E-state index contributed by atoms with van der Waals surface area (Å²) in [5.41, 5.74) is 0. The zero-order valence-electron chi connectivity index (χ0n) is 16.2. The molecule has 10 heteroatoms. The zero-order chi connectivity index (χ0) is 19.0. The van der Waals surface area contributed by atoms with Gasteiger partial charge in [0.25, 0.3) is 10.0 Å². The van der Waals surface area contributed by atoms with E-state index in [1.54, 1.807) is 18.5 Å². The second-order valence-electron chi connectivity index (χ2n) is 6.88. The van der Waals surface area contributed by atoms with E-state index >= 15 is 0 Å². The molecule has 0 aliphatic heterocycles. The lowest BCUT2D eigenvalue weighted by molar-refractivity contribution is -0.120. The Balaban J connectivity index is 0.00000364. The number of carbonyl (C=O) groups excluding carboxylic acids is 1. The highest BCUT2D eigenvalue weighted by atomic mass is 35.5. The predicted octanol–water partition coefficient (Wildman–Crippen LogP) is 1.25. The number of carbonyl (C=O) groups is 1. The van der Waals surface area contributed by atoms with Crippen LogP contribution in [0.2, 0.25) is 0 Å². The number of nitrogens with zero attached hydrogens (tertiary/aromatic N) is 2. The number of rotatable bonds is 9. The molecule has 0 aromatic carbocycles. The van der Waals surface area contributed by atoms with E-state index < -0.39 is 10.0 Å². The molecule has 8 nitrogen and oxygen atoms in total. The normalized spacial score (nSPS) is 15.8. The Kier molecular flexibility index (Phi) is 10.3. The molecule has 1 aliphatic rings. The summed E-state index contributed by atoms with van der Waals surface area (Å²) in [6, 6.07) is 0.558. The molecule has 0 radical (unpaired) electrons. The zero-order valence-corrected chi connectivity index (χ0v) is 17.8. The van der Waals surface area contributed by atoms with Crippen LogP contribution < -0.4 is 15.4 Å². The van der Waals surface area contributed by atoms with Crippen LogP contribution in [0.15, 0.2) is 11.2 Å². The second kappa shape index (κ2) is 11.6. The number of nitrogens with one attached hydrogen (secondary N) is 3. The first-order valence-electron chi connectivity index (χ1n) is 9.38. The van der Waals surface area contributed by atoms with Crippen molar-refractivity contribution >= 4 is 28.3 Å². The number of aryl methyl sites for hydroxylation is 2. The van der Waals surface area contributed by atoms with Gasteiger partial charge in [0, 0.05) is 45.3 Å². The minimum Gasteiger partial charge on any atom is -0.355 e. The average molecular weight is 422 g/mol. The van der Waals surface area contributed by atoms with Crippen LogP contribution in [0, 0.1) is 6.92 Å². The highest BCUT2D eigenvalue weighted by molar-refractivity contribution is 7.89. The molecule has 0 spiro atoms. The van der Waals surface area contributed by atoms with Crippen molar-refractivity contribution in [2.75, 3.05) is 19.6 Å². The van der Waals surface area contributed by atoms with E-state index in [2.05, 4.69) is 20.3 Å². The number of sulfonamides is 1. The smallest absolute Gasteiger partial charge is 0.259 e. The molecule has 2 rings (SSSR count). The first-order chi connectivity index (χ1) is 12.4. The fourth-order valence-electron chi connectivity index (χ4n) is 3.08. The van der Waals surface area contributed by atoms with Gasteiger partial charge in [-0.15, -0.1) is 12.4 Å². The lowest BCUT2D eigenvalue weighted by Crippen LogP contribution is -2.38.